The Balaban J connectivity index is 1.61. The van der Waals surface area contributed by atoms with Crippen LogP contribution in [0, 0.1) is 12.8 Å². The van der Waals surface area contributed by atoms with Gasteiger partial charge in [0.05, 0.1) is 12.2 Å². The smallest absolute Gasteiger partial charge is 0.150 e. The molecule has 1 aromatic heterocycles. The van der Waals surface area contributed by atoms with E-state index in [4.69, 9.17) is 4.52 Å². The molecule has 0 aliphatic heterocycles. The van der Waals surface area contributed by atoms with Crippen LogP contribution in [0.15, 0.2) is 10.6 Å². The lowest BCUT2D eigenvalue weighted by molar-refractivity contribution is 0.369. The fourth-order valence-electron chi connectivity index (χ4n) is 1.42. The minimum atomic E-state index is 0.813. The molecule has 0 bridgehead atoms. The summed E-state index contributed by atoms with van der Waals surface area (Å²) in [5, 5.41) is 7.18. The molecule has 1 saturated carbocycles. The van der Waals surface area contributed by atoms with Crippen LogP contribution in [-0.4, -0.2) is 11.7 Å². The molecule has 0 atom stereocenters. The maximum Gasteiger partial charge on any atom is 0.150 e. The van der Waals surface area contributed by atoms with E-state index in [1.807, 2.05) is 13.0 Å². The van der Waals surface area contributed by atoms with Crippen molar-refractivity contribution < 1.29 is 4.52 Å². The second-order valence-corrected chi connectivity index (χ2v) is 3.84. The number of nitrogens with zero attached hydrogens (tertiary/aromatic N) is 1. The minimum absolute atomic E-state index is 0.813. The van der Waals surface area contributed by atoms with Crippen LogP contribution in [0.3, 0.4) is 0 Å². The second-order valence-electron chi connectivity index (χ2n) is 3.84. The Morgan fingerprint density at radius 1 is 1.62 bits per heavy atom. The summed E-state index contributed by atoms with van der Waals surface area (Å²) < 4.78 is 5.07. The van der Waals surface area contributed by atoms with Crippen molar-refractivity contribution in [2.24, 2.45) is 5.92 Å². The van der Waals surface area contributed by atoms with Gasteiger partial charge in [0.2, 0.25) is 0 Å². The molecular weight excluding hydrogens is 164 g/mol. The SMILES string of the molecule is Cc1cc(CNCCC2CC2)on1. The van der Waals surface area contributed by atoms with Crippen LogP contribution in [0.5, 0.6) is 0 Å². The predicted octanol–water partition coefficient (Wildman–Crippen LogP) is 1.87. The van der Waals surface area contributed by atoms with Gasteiger partial charge in [0.1, 0.15) is 0 Å². The third kappa shape index (κ3) is 2.84. The summed E-state index contributed by atoms with van der Waals surface area (Å²) in [7, 11) is 0. The quantitative estimate of drug-likeness (QED) is 0.703. The van der Waals surface area contributed by atoms with Gasteiger partial charge in [0.15, 0.2) is 5.76 Å². The molecule has 1 N–H and O–H groups in total. The van der Waals surface area contributed by atoms with Crippen LogP contribution in [0.4, 0.5) is 0 Å². The number of rotatable bonds is 5. The Kier molecular flexibility index (Phi) is 2.64. The molecule has 13 heavy (non-hydrogen) atoms. The summed E-state index contributed by atoms with van der Waals surface area (Å²) >= 11 is 0. The van der Waals surface area contributed by atoms with Crippen molar-refractivity contribution in [2.45, 2.75) is 32.7 Å². The Bertz CT molecular complexity index is 266. The van der Waals surface area contributed by atoms with Crippen LogP contribution < -0.4 is 5.32 Å². The summed E-state index contributed by atoms with van der Waals surface area (Å²) in [6.07, 6.45) is 4.18. The van der Waals surface area contributed by atoms with E-state index in [0.717, 1.165) is 30.5 Å². The monoisotopic (exact) mass is 180 g/mol. The topological polar surface area (TPSA) is 38.1 Å². The number of hydrogen-bond donors (Lipinski definition) is 1. The number of aryl methyl sites for hydroxylation is 1. The zero-order chi connectivity index (χ0) is 9.10. The third-order valence-electron chi connectivity index (χ3n) is 2.40. The van der Waals surface area contributed by atoms with E-state index < -0.39 is 0 Å². The van der Waals surface area contributed by atoms with Crippen LogP contribution in [0.25, 0.3) is 0 Å². The first-order valence-electron chi connectivity index (χ1n) is 4.97. The Morgan fingerprint density at radius 2 is 2.46 bits per heavy atom. The zero-order valence-electron chi connectivity index (χ0n) is 8.05. The van der Waals surface area contributed by atoms with Crippen molar-refractivity contribution >= 4 is 0 Å². The molecule has 3 nitrogen and oxygen atoms in total. The number of hydrogen-bond acceptors (Lipinski definition) is 3. The minimum Gasteiger partial charge on any atom is -0.360 e. The largest absolute Gasteiger partial charge is 0.360 e. The van der Waals surface area contributed by atoms with Gasteiger partial charge in [0.25, 0.3) is 0 Å². The van der Waals surface area contributed by atoms with E-state index in [-0.39, 0.29) is 0 Å². The number of aromatic nitrogens is 1. The van der Waals surface area contributed by atoms with Crippen LogP contribution in [0.2, 0.25) is 0 Å². The Labute approximate surface area is 78.5 Å². The average molecular weight is 180 g/mol. The van der Waals surface area contributed by atoms with Crippen molar-refractivity contribution in [1.82, 2.24) is 10.5 Å². The molecule has 1 aliphatic rings. The van der Waals surface area contributed by atoms with Crippen LogP contribution in [-0.2, 0) is 6.54 Å². The average Bonchev–Trinajstić information content (AvgIpc) is 2.84. The van der Waals surface area contributed by atoms with Gasteiger partial charge in [-0.2, -0.15) is 0 Å². The lowest BCUT2D eigenvalue weighted by Gasteiger charge is -1.99. The molecule has 0 spiro atoms. The van der Waals surface area contributed by atoms with Crippen molar-refractivity contribution in [2.75, 3.05) is 6.54 Å². The van der Waals surface area contributed by atoms with E-state index in [9.17, 15) is 0 Å². The van der Waals surface area contributed by atoms with Gasteiger partial charge >= 0.3 is 0 Å². The lowest BCUT2D eigenvalue weighted by atomic mass is 10.3. The molecule has 0 amide bonds. The molecule has 0 unspecified atom stereocenters. The summed E-state index contributed by atoms with van der Waals surface area (Å²) in [5.74, 6) is 1.94. The van der Waals surface area contributed by atoms with E-state index >= 15 is 0 Å². The number of nitrogens with one attached hydrogen (secondary N) is 1. The maximum absolute atomic E-state index is 5.07. The molecule has 0 saturated heterocycles. The molecule has 3 heteroatoms. The highest BCUT2D eigenvalue weighted by Crippen LogP contribution is 2.31. The summed E-state index contributed by atoms with van der Waals surface area (Å²) in [6, 6.07) is 1.98. The normalized spacial score (nSPS) is 16.4. The first kappa shape index (κ1) is 8.75. The second kappa shape index (κ2) is 3.92. The van der Waals surface area contributed by atoms with Crippen LogP contribution in [0.1, 0.15) is 30.7 Å². The Hall–Kier alpha value is -0.830. The summed E-state index contributed by atoms with van der Waals surface area (Å²) in [6.45, 7) is 3.86. The molecule has 1 heterocycles. The van der Waals surface area contributed by atoms with Gasteiger partial charge in [0, 0.05) is 6.07 Å². The fourth-order valence-corrected chi connectivity index (χ4v) is 1.42. The third-order valence-corrected chi connectivity index (χ3v) is 2.40. The Morgan fingerprint density at radius 3 is 3.08 bits per heavy atom. The summed E-state index contributed by atoms with van der Waals surface area (Å²) in [5.41, 5.74) is 0.957. The highest BCUT2D eigenvalue weighted by atomic mass is 16.5. The molecule has 2 rings (SSSR count). The van der Waals surface area contributed by atoms with Crippen LogP contribution >= 0.6 is 0 Å². The lowest BCUT2D eigenvalue weighted by Crippen LogP contribution is -2.14. The molecule has 1 aromatic rings. The zero-order valence-corrected chi connectivity index (χ0v) is 8.05. The van der Waals surface area contributed by atoms with Gasteiger partial charge in [-0.3, -0.25) is 0 Å². The maximum atomic E-state index is 5.07. The molecule has 1 fully saturated rings. The predicted molar refractivity (Wildman–Crippen MR) is 50.3 cm³/mol. The van der Waals surface area contributed by atoms with Crippen molar-refractivity contribution in [3.8, 4) is 0 Å². The molecular formula is C10H16N2O. The van der Waals surface area contributed by atoms with Crippen molar-refractivity contribution in [3.63, 3.8) is 0 Å². The standard InChI is InChI=1S/C10H16N2O/c1-8-6-10(13-12-8)7-11-5-4-9-2-3-9/h6,9,11H,2-5,7H2,1H3. The summed E-state index contributed by atoms with van der Waals surface area (Å²) in [4.78, 5) is 0. The van der Waals surface area contributed by atoms with Crippen molar-refractivity contribution in [3.05, 3.63) is 17.5 Å². The molecule has 1 aliphatic carbocycles. The van der Waals surface area contributed by atoms with Gasteiger partial charge in [-0.25, -0.2) is 0 Å². The fraction of sp³-hybridized carbons (Fsp3) is 0.700. The van der Waals surface area contributed by atoms with Gasteiger partial charge in [-0.1, -0.05) is 18.0 Å². The van der Waals surface area contributed by atoms with E-state index in [1.165, 1.54) is 19.3 Å². The van der Waals surface area contributed by atoms with E-state index in [0.29, 0.717) is 0 Å². The first-order chi connectivity index (χ1) is 6.34. The first-order valence-corrected chi connectivity index (χ1v) is 4.97. The van der Waals surface area contributed by atoms with Gasteiger partial charge in [-0.15, -0.1) is 0 Å². The van der Waals surface area contributed by atoms with E-state index in [2.05, 4.69) is 10.5 Å². The highest BCUT2D eigenvalue weighted by Gasteiger charge is 2.19. The van der Waals surface area contributed by atoms with E-state index in [1.54, 1.807) is 0 Å². The highest BCUT2D eigenvalue weighted by molar-refractivity contribution is 5.02. The molecule has 0 aromatic carbocycles. The molecule has 0 radical (unpaired) electrons. The van der Waals surface area contributed by atoms with Gasteiger partial charge in [-0.05, 0) is 25.8 Å². The van der Waals surface area contributed by atoms with Gasteiger partial charge < -0.3 is 9.84 Å². The molecule has 72 valence electrons. The van der Waals surface area contributed by atoms with Crippen molar-refractivity contribution in [1.29, 1.82) is 0 Å².